The number of fused-ring (bicyclic) bond motifs is 2. The van der Waals surface area contributed by atoms with Crippen LogP contribution < -0.4 is 5.32 Å². The molecule has 0 atom stereocenters. The van der Waals surface area contributed by atoms with Crippen molar-refractivity contribution in [2.45, 2.75) is 0 Å². The van der Waals surface area contributed by atoms with E-state index in [4.69, 9.17) is 0 Å². The third-order valence-electron chi connectivity index (χ3n) is 3.25. The van der Waals surface area contributed by atoms with Crippen LogP contribution in [0.5, 0.6) is 0 Å². The number of halogens is 2. The first-order valence-electron chi connectivity index (χ1n) is 6.41. The highest BCUT2D eigenvalue weighted by Gasteiger charge is 2.11. The number of anilines is 2. The van der Waals surface area contributed by atoms with E-state index in [1.165, 1.54) is 12.4 Å². The lowest BCUT2D eigenvalue weighted by atomic mass is 10.2. The maximum atomic E-state index is 14.3. The van der Waals surface area contributed by atoms with Crippen molar-refractivity contribution in [3.8, 4) is 0 Å². The van der Waals surface area contributed by atoms with Gasteiger partial charge in [0.1, 0.15) is 18.0 Å². The fourth-order valence-corrected chi connectivity index (χ4v) is 3.41. The molecule has 0 aliphatic rings. The lowest BCUT2D eigenvalue weighted by molar-refractivity contribution is 0.638. The van der Waals surface area contributed by atoms with Crippen molar-refractivity contribution in [2.24, 2.45) is 0 Å². The Morgan fingerprint density at radius 1 is 1.05 bits per heavy atom. The summed E-state index contributed by atoms with van der Waals surface area (Å²) in [4.78, 5) is 12.5. The number of nitrogens with one attached hydrogen (secondary N) is 1. The Balaban J connectivity index is 1.83. The van der Waals surface area contributed by atoms with Gasteiger partial charge in [-0.05, 0) is 30.3 Å². The third-order valence-corrected chi connectivity index (χ3v) is 4.50. The first kappa shape index (κ1) is 13.5. The second-order valence-electron chi connectivity index (χ2n) is 4.66. The van der Waals surface area contributed by atoms with Crippen LogP contribution in [0.1, 0.15) is 0 Å². The monoisotopic (exact) mass is 374 g/mol. The van der Waals surface area contributed by atoms with Gasteiger partial charge in [0, 0.05) is 10.2 Å². The Kier molecular flexibility index (Phi) is 3.24. The minimum absolute atomic E-state index is 0.369. The van der Waals surface area contributed by atoms with Crippen molar-refractivity contribution in [3.63, 3.8) is 0 Å². The van der Waals surface area contributed by atoms with E-state index in [0.717, 1.165) is 15.9 Å². The van der Waals surface area contributed by atoms with Crippen LogP contribution in [-0.4, -0.2) is 15.0 Å². The van der Waals surface area contributed by atoms with Crippen LogP contribution in [0.15, 0.2) is 46.6 Å². The van der Waals surface area contributed by atoms with Gasteiger partial charge in [0.2, 0.25) is 0 Å². The van der Waals surface area contributed by atoms with Gasteiger partial charge in [-0.25, -0.2) is 19.3 Å². The summed E-state index contributed by atoms with van der Waals surface area (Å²) in [6.45, 7) is 0. The molecular formula is C15H8BrFN4S. The summed E-state index contributed by atoms with van der Waals surface area (Å²) in [7, 11) is 0. The summed E-state index contributed by atoms with van der Waals surface area (Å²) in [6, 6.07) is 8.95. The molecule has 108 valence electrons. The minimum Gasteiger partial charge on any atom is -0.339 e. The van der Waals surface area contributed by atoms with Gasteiger partial charge in [0.15, 0.2) is 0 Å². The zero-order chi connectivity index (χ0) is 15.1. The quantitative estimate of drug-likeness (QED) is 0.542. The van der Waals surface area contributed by atoms with Gasteiger partial charge >= 0.3 is 0 Å². The van der Waals surface area contributed by atoms with Crippen molar-refractivity contribution in [3.05, 3.63) is 52.5 Å². The molecule has 0 spiro atoms. The molecule has 22 heavy (non-hydrogen) atoms. The van der Waals surface area contributed by atoms with Crippen LogP contribution in [0, 0.1) is 5.82 Å². The van der Waals surface area contributed by atoms with Gasteiger partial charge in [-0.3, -0.25) is 0 Å². The van der Waals surface area contributed by atoms with Crippen LogP contribution in [0.3, 0.4) is 0 Å². The second kappa shape index (κ2) is 5.26. The van der Waals surface area contributed by atoms with E-state index in [9.17, 15) is 4.39 Å². The molecule has 0 aliphatic heterocycles. The van der Waals surface area contributed by atoms with Crippen LogP contribution in [-0.2, 0) is 0 Å². The van der Waals surface area contributed by atoms with Gasteiger partial charge < -0.3 is 5.32 Å². The first-order valence-corrected chi connectivity index (χ1v) is 8.08. The predicted molar refractivity (Wildman–Crippen MR) is 90.1 cm³/mol. The molecule has 2 aromatic carbocycles. The number of thiazole rings is 1. The molecule has 1 N–H and O–H groups in total. The molecular weight excluding hydrogens is 367 g/mol. The molecule has 0 saturated heterocycles. The number of nitrogens with zero attached hydrogens (tertiary/aromatic N) is 3. The van der Waals surface area contributed by atoms with E-state index in [0.29, 0.717) is 21.2 Å². The number of hydrogen-bond acceptors (Lipinski definition) is 5. The Morgan fingerprint density at radius 3 is 2.86 bits per heavy atom. The normalized spacial score (nSPS) is 11.2. The lowest BCUT2D eigenvalue weighted by Crippen LogP contribution is -1.97. The molecule has 4 aromatic rings. The molecule has 0 unspecified atom stereocenters. The van der Waals surface area contributed by atoms with E-state index in [-0.39, 0.29) is 5.82 Å². The van der Waals surface area contributed by atoms with Crippen LogP contribution >= 0.6 is 27.3 Å². The highest BCUT2D eigenvalue weighted by atomic mass is 79.9. The molecule has 4 rings (SSSR count). The van der Waals surface area contributed by atoms with Gasteiger partial charge in [0.25, 0.3) is 0 Å². The number of benzene rings is 2. The molecule has 0 amide bonds. The van der Waals surface area contributed by atoms with Crippen LogP contribution in [0.2, 0.25) is 0 Å². The lowest BCUT2D eigenvalue weighted by Gasteiger charge is -2.09. The van der Waals surface area contributed by atoms with Gasteiger partial charge in [-0.15, -0.1) is 11.3 Å². The highest BCUT2D eigenvalue weighted by Crippen LogP contribution is 2.29. The maximum Gasteiger partial charge on any atom is 0.144 e. The maximum absolute atomic E-state index is 14.3. The average molecular weight is 375 g/mol. The van der Waals surface area contributed by atoms with Crippen LogP contribution in [0.25, 0.3) is 21.1 Å². The molecule has 7 heteroatoms. The van der Waals surface area contributed by atoms with E-state index in [1.807, 2.05) is 18.2 Å². The second-order valence-corrected chi connectivity index (χ2v) is 6.47. The molecule has 4 nitrogen and oxygen atoms in total. The summed E-state index contributed by atoms with van der Waals surface area (Å²) >= 11 is 4.83. The SMILES string of the molecule is Fc1cc(Br)cc2ncnc(Nc3ccc4ncsc4c3)c12. The third kappa shape index (κ3) is 2.32. The topological polar surface area (TPSA) is 50.7 Å². The van der Waals surface area contributed by atoms with E-state index in [1.54, 1.807) is 22.9 Å². The minimum atomic E-state index is -0.369. The molecule has 0 bridgehead atoms. The molecule has 2 heterocycles. The zero-order valence-corrected chi connectivity index (χ0v) is 13.4. The first-order chi connectivity index (χ1) is 10.7. The fraction of sp³-hybridized carbons (Fsp3) is 0. The standard InChI is InChI=1S/C15H8BrFN4S/c16-8-3-10(17)14-12(4-8)18-6-19-15(14)21-9-1-2-11-13(5-9)22-7-20-11/h1-7H,(H,18,19,21). The number of hydrogen-bond donors (Lipinski definition) is 1. The Hall–Kier alpha value is -2.12. The van der Waals surface area contributed by atoms with Crippen LogP contribution in [0.4, 0.5) is 15.9 Å². The molecule has 2 aromatic heterocycles. The summed E-state index contributed by atoms with van der Waals surface area (Å²) in [5, 5.41) is 3.53. The van der Waals surface area contributed by atoms with E-state index < -0.39 is 0 Å². The van der Waals surface area contributed by atoms with Crippen molar-refractivity contribution in [1.82, 2.24) is 15.0 Å². The Morgan fingerprint density at radius 2 is 1.95 bits per heavy atom. The van der Waals surface area contributed by atoms with Crippen molar-refractivity contribution < 1.29 is 4.39 Å². The molecule has 0 aliphatic carbocycles. The number of rotatable bonds is 2. The Bertz CT molecular complexity index is 1000. The van der Waals surface area contributed by atoms with E-state index in [2.05, 4.69) is 36.2 Å². The summed E-state index contributed by atoms with van der Waals surface area (Å²) in [5.41, 5.74) is 4.12. The van der Waals surface area contributed by atoms with Crippen molar-refractivity contribution in [1.29, 1.82) is 0 Å². The average Bonchev–Trinajstić information content (AvgIpc) is 2.94. The molecule has 0 radical (unpaired) electrons. The van der Waals surface area contributed by atoms with Crippen molar-refractivity contribution >= 4 is 59.9 Å². The molecule has 0 fully saturated rings. The smallest absolute Gasteiger partial charge is 0.144 e. The largest absolute Gasteiger partial charge is 0.339 e. The Labute approximate surface area is 137 Å². The summed E-state index contributed by atoms with van der Waals surface area (Å²) in [5.74, 6) is 0.0743. The molecule has 0 saturated carbocycles. The zero-order valence-electron chi connectivity index (χ0n) is 11.0. The van der Waals surface area contributed by atoms with E-state index >= 15 is 0 Å². The fourth-order valence-electron chi connectivity index (χ4n) is 2.27. The van der Waals surface area contributed by atoms with Gasteiger partial charge in [0.05, 0.1) is 26.6 Å². The highest BCUT2D eigenvalue weighted by molar-refractivity contribution is 9.10. The summed E-state index contributed by atoms with van der Waals surface area (Å²) in [6.07, 6.45) is 1.42. The van der Waals surface area contributed by atoms with Gasteiger partial charge in [-0.1, -0.05) is 15.9 Å². The predicted octanol–water partition coefficient (Wildman–Crippen LogP) is 4.88. The van der Waals surface area contributed by atoms with Gasteiger partial charge in [-0.2, -0.15) is 0 Å². The van der Waals surface area contributed by atoms with Crippen molar-refractivity contribution in [2.75, 3.05) is 5.32 Å². The number of aromatic nitrogens is 3. The summed E-state index contributed by atoms with van der Waals surface area (Å²) < 4.78 is 16.0.